The van der Waals surface area contributed by atoms with Crippen LogP contribution >= 0.6 is 0 Å². The van der Waals surface area contributed by atoms with E-state index in [9.17, 15) is 4.79 Å². The third-order valence-corrected chi connectivity index (χ3v) is 3.77. The van der Waals surface area contributed by atoms with E-state index in [1.165, 1.54) is 0 Å². The van der Waals surface area contributed by atoms with Gasteiger partial charge in [-0.3, -0.25) is 4.79 Å². The number of carbonyl (C=O) groups is 1. The summed E-state index contributed by atoms with van der Waals surface area (Å²) in [5.74, 6) is 0.128. The molecular formula is C17H28N2O. The Kier molecular flexibility index (Phi) is 7.97. The van der Waals surface area contributed by atoms with Crippen molar-refractivity contribution in [1.29, 1.82) is 0 Å². The molecule has 20 heavy (non-hydrogen) atoms. The molecule has 1 amide bonds. The maximum absolute atomic E-state index is 12.2. The summed E-state index contributed by atoms with van der Waals surface area (Å²) in [6, 6.07) is 10.0. The fraction of sp³-hybridized carbons (Fsp3) is 0.588. The molecule has 0 aliphatic carbocycles. The first-order valence-corrected chi connectivity index (χ1v) is 7.77. The predicted molar refractivity (Wildman–Crippen MR) is 84.9 cm³/mol. The molecule has 1 rings (SSSR count). The van der Waals surface area contributed by atoms with Crippen molar-refractivity contribution in [2.45, 2.75) is 39.5 Å². The molecule has 0 saturated carbocycles. The van der Waals surface area contributed by atoms with Crippen LogP contribution in [-0.4, -0.2) is 37.0 Å². The van der Waals surface area contributed by atoms with E-state index in [0.717, 1.165) is 44.6 Å². The SMILES string of the molecule is CCC(C(=O)NCCCN(CC)CC)c1ccccc1. The molecule has 0 saturated heterocycles. The molecule has 3 heteroatoms. The highest BCUT2D eigenvalue weighted by Gasteiger charge is 2.17. The largest absolute Gasteiger partial charge is 0.356 e. The minimum absolute atomic E-state index is 0.0235. The van der Waals surface area contributed by atoms with E-state index in [0.29, 0.717) is 0 Å². The van der Waals surface area contributed by atoms with E-state index in [2.05, 4.69) is 31.0 Å². The highest BCUT2D eigenvalue weighted by Crippen LogP contribution is 2.18. The van der Waals surface area contributed by atoms with Gasteiger partial charge in [0.25, 0.3) is 0 Å². The summed E-state index contributed by atoms with van der Waals surface area (Å²) in [7, 11) is 0. The van der Waals surface area contributed by atoms with Gasteiger partial charge in [-0.1, -0.05) is 51.1 Å². The summed E-state index contributed by atoms with van der Waals surface area (Å²) in [6.07, 6.45) is 1.85. The van der Waals surface area contributed by atoms with E-state index in [1.54, 1.807) is 0 Å². The van der Waals surface area contributed by atoms with Crippen LogP contribution in [0.4, 0.5) is 0 Å². The Balaban J connectivity index is 2.37. The van der Waals surface area contributed by atoms with Crippen LogP contribution < -0.4 is 5.32 Å². The maximum Gasteiger partial charge on any atom is 0.227 e. The lowest BCUT2D eigenvalue weighted by atomic mass is 9.96. The molecule has 1 aromatic carbocycles. The summed E-state index contributed by atoms with van der Waals surface area (Å²) in [5, 5.41) is 3.07. The molecule has 1 N–H and O–H groups in total. The Hall–Kier alpha value is -1.35. The van der Waals surface area contributed by atoms with Gasteiger partial charge < -0.3 is 10.2 Å². The van der Waals surface area contributed by atoms with Crippen LogP contribution in [0.2, 0.25) is 0 Å². The molecule has 1 unspecified atom stereocenters. The molecule has 0 aliphatic rings. The summed E-state index contributed by atoms with van der Waals surface area (Å²) in [4.78, 5) is 14.6. The predicted octanol–water partition coefficient (Wildman–Crippen LogP) is 3.03. The molecule has 3 nitrogen and oxygen atoms in total. The lowest BCUT2D eigenvalue weighted by molar-refractivity contribution is -0.122. The first kappa shape index (κ1) is 16.7. The van der Waals surface area contributed by atoms with Crippen LogP contribution in [0, 0.1) is 0 Å². The summed E-state index contributed by atoms with van der Waals surface area (Å²) in [6.45, 7) is 10.4. The first-order valence-electron chi connectivity index (χ1n) is 7.77. The number of hydrogen-bond donors (Lipinski definition) is 1. The molecule has 0 aliphatic heterocycles. The normalized spacial score (nSPS) is 12.4. The van der Waals surface area contributed by atoms with Gasteiger partial charge in [-0.2, -0.15) is 0 Å². The molecule has 0 heterocycles. The third kappa shape index (κ3) is 5.33. The molecule has 0 spiro atoms. The van der Waals surface area contributed by atoms with Crippen LogP contribution in [-0.2, 0) is 4.79 Å². The van der Waals surface area contributed by atoms with E-state index in [4.69, 9.17) is 0 Å². The van der Waals surface area contributed by atoms with Crippen LogP contribution in [0.5, 0.6) is 0 Å². The number of nitrogens with zero attached hydrogens (tertiary/aromatic N) is 1. The lowest BCUT2D eigenvalue weighted by Gasteiger charge is -2.19. The molecule has 0 bridgehead atoms. The average molecular weight is 276 g/mol. The molecule has 0 fully saturated rings. The number of carbonyl (C=O) groups excluding carboxylic acids is 1. The Morgan fingerprint density at radius 3 is 2.35 bits per heavy atom. The summed E-state index contributed by atoms with van der Waals surface area (Å²) in [5.41, 5.74) is 1.11. The van der Waals surface area contributed by atoms with Crippen molar-refractivity contribution >= 4 is 5.91 Å². The van der Waals surface area contributed by atoms with Crippen molar-refractivity contribution < 1.29 is 4.79 Å². The number of rotatable bonds is 9. The van der Waals surface area contributed by atoms with Crippen molar-refractivity contribution in [3.63, 3.8) is 0 Å². The highest BCUT2D eigenvalue weighted by molar-refractivity contribution is 5.83. The van der Waals surface area contributed by atoms with Gasteiger partial charge in [0.2, 0.25) is 5.91 Å². The van der Waals surface area contributed by atoms with Gasteiger partial charge in [-0.25, -0.2) is 0 Å². The van der Waals surface area contributed by atoms with Gasteiger partial charge in [-0.15, -0.1) is 0 Å². The highest BCUT2D eigenvalue weighted by atomic mass is 16.1. The van der Waals surface area contributed by atoms with Gasteiger partial charge in [0, 0.05) is 6.54 Å². The minimum atomic E-state index is -0.0235. The fourth-order valence-electron chi connectivity index (χ4n) is 2.44. The summed E-state index contributed by atoms with van der Waals surface area (Å²) >= 11 is 0. The molecule has 112 valence electrons. The zero-order valence-corrected chi connectivity index (χ0v) is 13.1. The van der Waals surface area contributed by atoms with E-state index in [1.807, 2.05) is 30.3 Å². The number of amides is 1. The van der Waals surface area contributed by atoms with Crippen LogP contribution in [0.25, 0.3) is 0 Å². The van der Waals surface area contributed by atoms with Crippen molar-refractivity contribution in [3.05, 3.63) is 35.9 Å². The molecule has 1 atom stereocenters. The Labute approximate surface area is 123 Å². The molecular weight excluding hydrogens is 248 g/mol. The quantitative estimate of drug-likeness (QED) is 0.703. The number of nitrogens with one attached hydrogen (secondary N) is 1. The van der Waals surface area contributed by atoms with Gasteiger partial charge >= 0.3 is 0 Å². The smallest absolute Gasteiger partial charge is 0.227 e. The Morgan fingerprint density at radius 2 is 1.80 bits per heavy atom. The minimum Gasteiger partial charge on any atom is -0.356 e. The Morgan fingerprint density at radius 1 is 1.15 bits per heavy atom. The monoisotopic (exact) mass is 276 g/mol. The van der Waals surface area contributed by atoms with Gasteiger partial charge in [0.15, 0.2) is 0 Å². The van der Waals surface area contributed by atoms with Crippen molar-refractivity contribution in [2.75, 3.05) is 26.2 Å². The number of hydrogen-bond acceptors (Lipinski definition) is 2. The van der Waals surface area contributed by atoms with Crippen molar-refractivity contribution in [1.82, 2.24) is 10.2 Å². The maximum atomic E-state index is 12.2. The zero-order chi connectivity index (χ0) is 14.8. The van der Waals surface area contributed by atoms with Gasteiger partial charge in [0.05, 0.1) is 5.92 Å². The van der Waals surface area contributed by atoms with Crippen LogP contribution in [0.15, 0.2) is 30.3 Å². The van der Waals surface area contributed by atoms with Gasteiger partial charge in [0.1, 0.15) is 0 Å². The third-order valence-electron chi connectivity index (χ3n) is 3.77. The lowest BCUT2D eigenvalue weighted by Crippen LogP contribution is -2.32. The van der Waals surface area contributed by atoms with Crippen LogP contribution in [0.1, 0.15) is 45.1 Å². The van der Waals surface area contributed by atoms with Crippen molar-refractivity contribution in [2.24, 2.45) is 0 Å². The van der Waals surface area contributed by atoms with E-state index in [-0.39, 0.29) is 11.8 Å². The summed E-state index contributed by atoms with van der Waals surface area (Å²) < 4.78 is 0. The van der Waals surface area contributed by atoms with Crippen LogP contribution in [0.3, 0.4) is 0 Å². The fourth-order valence-corrected chi connectivity index (χ4v) is 2.44. The first-order chi connectivity index (χ1) is 9.72. The van der Waals surface area contributed by atoms with Gasteiger partial charge in [-0.05, 0) is 38.0 Å². The Bertz CT molecular complexity index is 374. The molecule has 0 aromatic heterocycles. The number of benzene rings is 1. The molecule has 1 aromatic rings. The van der Waals surface area contributed by atoms with E-state index < -0.39 is 0 Å². The second kappa shape index (κ2) is 9.54. The van der Waals surface area contributed by atoms with E-state index >= 15 is 0 Å². The molecule has 0 radical (unpaired) electrons. The topological polar surface area (TPSA) is 32.3 Å². The average Bonchev–Trinajstić information content (AvgIpc) is 2.49. The second-order valence-electron chi connectivity index (χ2n) is 5.04. The second-order valence-corrected chi connectivity index (χ2v) is 5.04. The van der Waals surface area contributed by atoms with Crippen molar-refractivity contribution in [3.8, 4) is 0 Å². The standard InChI is InChI=1S/C17H28N2O/c1-4-16(15-11-8-7-9-12-15)17(20)18-13-10-14-19(5-2)6-3/h7-9,11-12,16H,4-6,10,13-14H2,1-3H3,(H,18,20). The zero-order valence-electron chi connectivity index (χ0n) is 13.1.